The molecule has 1 aliphatic carbocycles. The highest BCUT2D eigenvalue weighted by atomic mass is 16.5. The van der Waals surface area contributed by atoms with Gasteiger partial charge in [-0.15, -0.1) is 0 Å². The summed E-state index contributed by atoms with van der Waals surface area (Å²) in [6.07, 6.45) is 3.71. The van der Waals surface area contributed by atoms with E-state index in [1.165, 1.54) is 7.11 Å². The number of benzene rings is 2. The van der Waals surface area contributed by atoms with Crippen LogP contribution in [0, 0.1) is 11.8 Å². The van der Waals surface area contributed by atoms with E-state index in [2.05, 4.69) is 5.32 Å². The summed E-state index contributed by atoms with van der Waals surface area (Å²) in [5.74, 6) is -0.813. The highest BCUT2D eigenvalue weighted by Crippen LogP contribution is 2.30. The van der Waals surface area contributed by atoms with Gasteiger partial charge in [0.1, 0.15) is 0 Å². The molecule has 0 aromatic heterocycles. The minimum absolute atomic E-state index is 0.0575. The number of carbonyl (C=O) groups is 3. The van der Waals surface area contributed by atoms with Gasteiger partial charge in [0.15, 0.2) is 5.78 Å². The fraction of sp³-hybridized carbons (Fsp3) is 0.348. The first kappa shape index (κ1) is 19.8. The van der Waals surface area contributed by atoms with Crippen LogP contribution in [0.2, 0.25) is 0 Å². The van der Waals surface area contributed by atoms with Crippen molar-refractivity contribution in [2.24, 2.45) is 11.8 Å². The van der Waals surface area contributed by atoms with E-state index in [9.17, 15) is 14.4 Å². The molecule has 146 valence electrons. The van der Waals surface area contributed by atoms with Crippen LogP contribution >= 0.6 is 0 Å². The zero-order chi connectivity index (χ0) is 19.9. The van der Waals surface area contributed by atoms with Crippen LogP contribution in [0.5, 0.6) is 0 Å². The predicted octanol–water partition coefficient (Wildman–Crippen LogP) is 3.63. The van der Waals surface area contributed by atoms with Gasteiger partial charge in [-0.3, -0.25) is 14.4 Å². The maximum Gasteiger partial charge on any atom is 0.309 e. The molecule has 1 fully saturated rings. The molecule has 5 heteroatoms. The third kappa shape index (κ3) is 4.47. The summed E-state index contributed by atoms with van der Waals surface area (Å²) in [4.78, 5) is 37.6. The molecule has 3 rings (SSSR count). The second-order valence-corrected chi connectivity index (χ2v) is 7.12. The number of esters is 1. The Kier molecular flexibility index (Phi) is 6.58. The number of ketones is 1. The molecule has 28 heavy (non-hydrogen) atoms. The standard InChI is InChI=1S/C23H25NO4/c1-28-23(27)18-12-6-5-11-17(18)15-24-22(26)20-14-8-7-13-19(20)21(25)16-9-3-2-4-10-16/h2-4,7-10,13-14,17-18H,5-6,11-12,15H2,1H3,(H,24,26). The lowest BCUT2D eigenvalue weighted by molar-refractivity contribution is -0.148. The van der Waals surface area contributed by atoms with Crippen molar-refractivity contribution in [3.63, 3.8) is 0 Å². The Morgan fingerprint density at radius 3 is 2.29 bits per heavy atom. The van der Waals surface area contributed by atoms with E-state index in [-0.39, 0.29) is 29.5 Å². The maximum atomic E-state index is 12.8. The molecule has 2 unspecified atom stereocenters. The number of hydrogen-bond donors (Lipinski definition) is 1. The average Bonchev–Trinajstić information content (AvgIpc) is 2.77. The van der Waals surface area contributed by atoms with Crippen LogP contribution in [0.25, 0.3) is 0 Å². The molecule has 0 radical (unpaired) electrons. The van der Waals surface area contributed by atoms with Gasteiger partial charge in [0.2, 0.25) is 0 Å². The molecule has 0 saturated heterocycles. The Morgan fingerprint density at radius 2 is 1.57 bits per heavy atom. The highest BCUT2D eigenvalue weighted by molar-refractivity contribution is 6.15. The van der Waals surface area contributed by atoms with Crippen molar-refractivity contribution in [3.8, 4) is 0 Å². The van der Waals surface area contributed by atoms with Gasteiger partial charge in [-0.1, -0.05) is 61.4 Å². The van der Waals surface area contributed by atoms with Crippen molar-refractivity contribution in [1.29, 1.82) is 0 Å². The van der Waals surface area contributed by atoms with Crippen LogP contribution in [0.4, 0.5) is 0 Å². The molecule has 0 bridgehead atoms. The van der Waals surface area contributed by atoms with Gasteiger partial charge in [-0.05, 0) is 24.8 Å². The minimum Gasteiger partial charge on any atom is -0.469 e. The maximum absolute atomic E-state index is 12.8. The predicted molar refractivity (Wildman–Crippen MR) is 106 cm³/mol. The quantitative estimate of drug-likeness (QED) is 0.614. The molecular weight excluding hydrogens is 354 g/mol. The first-order chi connectivity index (χ1) is 13.6. The molecule has 1 aliphatic rings. The molecule has 0 heterocycles. The van der Waals surface area contributed by atoms with Crippen molar-refractivity contribution in [1.82, 2.24) is 5.32 Å². The Bertz CT molecular complexity index is 847. The van der Waals surface area contributed by atoms with E-state index < -0.39 is 0 Å². The number of amides is 1. The lowest BCUT2D eigenvalue weighted by Gasteiger charge is -2.29. The number of ether oxygens (including phenoxy) is 1. The zero-order valence-corrected chi connectivity index (χ0v) is 16.0. The van der Waals surface area contributed by atoms with Crippen LogP contribution in [0.15, 0.2) is 54.6 Å². The smallest absolute Gasteiger partial charge is 0.309 e. The zero-order valence-electron chi connectivity index (χ0n) is 16.0. The van der Waals surface area contributed by atoms with E-state index >= 15 is 0 Å². The van der Waals surface area contributed by atoms with E-state index in [0.717, 1.165) is 25.7 Å². The van der Waals surface area contributed by atoms with Crippen LogP contribution in [0.1, 0.15) is 52.0 Å². The molecule has 2 atom stereocenters. The van der Waals surface area contributed by atoms with Crippen LogP contribution < -0.4 is 5.32 Å². The van der Waals surface area contributed by atoms with Crippen molar-refractivity contribution < 1.29 is 19.1 Å². The first-order valence-corrected chi connectivity index (χ1v) is 9.66. The Balaban J connectivity index is 1.73. The Hall–Kier alpha value is -2.95. The second kappa shape index (κ2) is 9.31. The molecule has 1 saturated carbocycles. The van der Waals surface area contributed by atoms with Gasteiger partial charge in [0, 0.05) is 17.7 Å². The second-order valence-electron chi connectivity index (χ2n) is 7.12. The van der Waals surface area contributed by atoms with Crippen molar-refractivity contribution in [3.05, 3.63) is 71.3 Å². The first-order valence-electron chi connectivity index (χ1n) is 9.66. The molecule has 2 aromatic rings. The summed E-state index contributed by atoms with van der Waals surface area (Å²) in [6.45, 7) is 0.395. The summed E-state index contributed by atoms with van der Waals surface area (Å²) in [5, 5.41) is 2.93. The van der Waals surface area contributed by atoms with Crippen molar-refractivity contribution in [2.45, 2.75) is 25.7 Å². The Labute approximate surface area is 165 Å². The summed E-state index contributed by atoms with van der Waals surface area (Å²) < 4.78 is 4.91. The fourth-order valence-corrected chi connectivity index (χ4v) is 3.86. The monoisotopic (exact) mass is 379 g/mol. The van der Waals surface area contributed by atoms with Gasteiger partial charge in [-0.25, -0.2) is 0 Å². The van der Waals surface area contributed by atoms with Gasteiger partial charge >= 0.3 is 5.97 Å². The van der Waals surface area contributed by atoms with E-state index in [1.807, 2.05) is 6.07 Å². The number of hydrogen-bond acceptors (Lipinski definition) is 4. The van der Waals surface area contributed by atoms with Crippen LogP contribution in [-0.4, -0.2) is 31.3 Å². The van der Waals surface area contributed by atoms with Crippen LogP contribution in [-0.2, 0) is 9.53 Å². The lowest BCUT2D eigenvalue weighted by atomic mass is 9.79. The summed E-state index contributed by atoms with van der Waals surface area (Å²) >= 11 is 0. The van der Waals surface area contributed by atoms with Crippen molar-refractivity contribution in [2.75, 3.05) is 13.7 Å². The molecular formula is C23H25NO4. The van der Waals surface area contributed by atoms with Crippen molar-refractivity contribution >= 4 is 17.7 Å². The molecule has 1 amide bonds. The molecule has 1 N–H and O–H groups in total. The van der Waals surface area contributed by atoms with Gasteiger partial charge in [0.25, 0.3) is 5.91 Å². The number of nitrogens with one attached hydrogen (secondary N) is 1. The normalized spacial score (nSPS) is 18.9. The molecule has 0 aliphatic heterocycles. The Morgan fingerprint density at radius 1 is 0.929 bits per heavy atom. The van der Waals surface area contributed by atoms with Crippen LogP contribution in [0.3, 0.4) is 0 Å². The largest absolute Gasteiger partial charge is 0.469 e. The third-order valence-corrected chi connectivity index (χ3v) is 5.39. The number of carbonyl (C=O) groups excluding carboxylic acids is 3. The number of rotatable bonds is 6. The van der Waals surface area contributed by atoms with E-state index in [4.69, 9.17) is 4.74 Å². The summed E-state index contributed by atoms with van der Waals surface area (Å²) in [7, 11) is 1.40. The minimum atomic E-state index is -0.297. The van der Waals surface area contributed by atoms with E-state index in [1.54, 1.807) is 48.5 Å². The average molecular weight is 379 g/mol. The third-order valence-electron chi connectivity index (χ3n) is 5.39. The lowest BCUT2D eigenvalue weighted by Crippen LogP contribution is -2.38. The summed E-state index contributed by atoms with van der Waals surface area (Å²) in [5.41, 5.74) is 1.27. The molecule has 2 aromatic carbocycles. The van der Waals surface area contributed by atoms with Gasteiger partial charge in [0.05, 0.1) is 18.6 Å². The molecule has 0 spiro atoms. The van der Waals surface area contributed by atoms with Gasteiger partial charge in [-0.2, -0.15) is 0 Å². The summed E-state index contributed by atoms with van der Waals surface area (Å²) in [6, 6.07) is 15.7. The topological polar surface area (TPSA) is 72.5 Å². The molecule has 5 nitrogen and oxygen atoms in total. The van der Waals surface area contributed by atoms with Gasteiger partial charge < -0.3 is 10.1 Å². The SMILES string of the molecule is COC(=O)C1CCCCC1CNC(=O)c1ccccc1C(=O)c1ccccc1. The highest BCUT2D eigenvalue weighted by Gasteiger charge is 2.32. The fourth-order valence-electron chi connectivity index (χ4n) is 3.86. The number of methoxy groups -OCH3 is 1. The van der Waals surface area contributed by atoms with E-state index in [0.29, 0.717) is 23.2 Å².